The number of carbonyl (C=O) groups excluding carboxylic acids is 1. The topological polar surface area (TPSA) is 29.5 Å². The highest BCUT2D eigenvalue weighted by Crippen LogP contribution is 2.17. The highest BCUT2D eigenvalue weighted by Gasteiger charge is 2.21. The molecule has 0 radical (unpaired) electrons. The fourth-order valence-corrected chi connectivity index (χ4v) is 2.18. The van der Waals surface area contributed by atoms with Crippen LogP contribution in [0.2, 0.25) is 0 Å². The van der Waals surface area contributed by atoms with Gasteiger partial charge >= 0.3 is 0 Å². The van der Waals surface area contributed by atoms with E-state index in [4.69, 9.17) is 4.74 Å². The van der Waals surface area contributed by atoms with E-state index in [-0.39, 0.29) is 11.5 Å². The molecule has 102 valence electrons. The van der Waals surface area contributed by atoms with Crippen molar-refractivity contribution in [1.29, 1.82) is 0 Å². The molecule has 0 atom stereocenters. The summed E-state index contributed by atoms with van der Waals surface area (Å²) in [4.78, 5) is 13.9. The van der Waals surface area contributed by atoms with Crippen molar-refractivity contribution < 1.29 is 13.9 Å². The Balaban J connectivity index is 2.09. The normalized spacial score (nSPS) is 15.3. The van der Waals surface area contributed by atoms with Gasteiger partial charge in [0.2, 0.25) is 0 Å². The third kappa shape index (κ3) is 3.20. The minimum Gasteiger partial charge on any atom is -0.380 e. The van der Waals surface area contributed by atoms with E-state index in [1.54, 1.807) is 31.1 Å². The lowest BCUT2D eigenvalue weighted by atomic mass is 10.1. The quantitative estimate of drug-likeness (QED) is 0.784. The first kappa shape index (κ1) is 13.7. The minimum atomic E-state index is -0.448. The van der Waals surface area contributed by atoms with Crippen LogP contribution >= 0.6 is 0 Å². The van der Waals surface area contributed by atoms with Gasteiger partial charge in [-0.25, -0.2) is 4.39 Å². The number of halogens is 1. The van der Waals surface area contributed by atoms with Gasteiger partial charge in [-0.1, -0.05) is 12.1 Å². The summed E-state index contributed by atoms with van der Waals surface area (Å²) >= 11 is 0. The summed E-state index contributed by atoms with van der Waals surface area (Å²) in [6, 6.07) is 4.71. The molecule has 2 rings (SSSR count). The summed E-state index contributed by atoms with van der Waals surface area (Å²) < 4.78 is 18.8. The van der Waals surface area contributed by atoms with Crippen molar-refractivity contribution in [2.24, 2.45) is 0 Å². The molecule has 19 heavy (non-hydrogen) atoms. The maximum absolute atomic E-state index is 13.8. The van der Waals surface area contributed by atoms with Gasteiger partial charge in [-0.05, 0) is 36.6 Å². The lowest BCUT2D eigenvalue weighted by Gasteiger charge is -2.26. The molecule has 1 heterocycles. The van der Waals surface area contributed by atoms with Crippen molar-refractivity contribution in [3.63, 3.8) is 0 Å². The molecule has 0 aliphatic carbocycles. The number of benzene rings is 1. The van der Waals surface area contributed by atoms with Crippen LogP contribution in [0.25, 0.3) is 0 Å². The number of rotatable bonds is 3. The molecular weight excluding hydrogens is 245 g/mol. The average molecular weight is 263 g/mol. The van der Waals surface area contributed by atoms with Gasteiger partial charge in [0.1, 0.15) is 5.82 Å². The van der Waals surface area contributed by atoms with Crippen LogP contribution in [0.4, 0.5) is 4.39 Å². The Hall–Kier alpha value is -1.68. The summed E-state index contributed by atoms with van der Waals surface area (Å²) in [6.45, 7) is 3.53. The Labute approximate surface area is 112 Å². The predicted octanol–water partition coefficient (Wildman–Crippen LogP) is 2.55. The molecule has 0 bridgehead atoms. The fourth-order valence-electron chi connectivity index (χ4n) is 2.18. The van der Waals surface area contributed by atoms with Crippen LogP contribution in [0.3, 0.4) is 0 Å². The summed E-state index contributed by atoms with van der Waals surface area (Å²) in [6.07, 6.45) is 2.77. The third-order valence-corrected chi connectivity index (χ3v) is 3.28. The van der Waals surface area contributed by atoms with E-state index in [2.05, 4.69) is 0 Å². The molecule has 4 heteroatoms. The zero-order chi connectivity index (χ0) is 13.8. The molecule has 1 aromatic rings. The number of amides is 1. The molecule has 0 saturated heterocycles. The van der Waals surface area contributed by atoms with Crippen molar-refractivity contribution in [2.75, 3.05) is 26.8 Å². The number of ether oxygens (including phenoxy) is 1. The van der Waals surface area contributed by atoms with Crippen molar-refractivity contribution in [3.05, 3.63) is 46.8 Å². The van der Waals surface area contributed by atoms with Gasteiger partial charge in [-0.3, -0.25) is 4.79 Å². The summed E-state index contributed by atoms with van der Waals surface area (Å²) in [7, 11) is 1.65. The SMILES string of the molecule is COCC1=CCN(C(=O)c2ccc(C)cc2F)CC1. The second-order valence-electron chi connectivity index (χ2n) is 4.78. The van der Waals surface area contributed by atoms with Gasteiger partial charge in [-0.15, -0.1) is 0 Å². The molecule has 0 aromatic heterocycles. The molecule has 0 N–H and O–H groups in total. The lowest BCUT2D eigenvalue weighted by Crippen LogP contribution is -2.35. The Bertz CT molecular complexity index is 511. The van der Waals surface area contributed by atoms with E-state index in [1.807, 2.05) is 6.08 Å². The van der Waals surface area contributed by atoms with E-state index in [0.29, 0.717) is 19.7 Å². The van der Waals surface area contributed by atoms with Gasteiger partial charge in [0.05, 0.1) is 12.2 Å². The first-order valence-corrected chi connectivity index (χ1v) is 6.34. The molecule has 3 nitrogen and oxygen atoms in total. The van der Waals surface area contributed by atoms with Gasteiger partial charge in [0.15, 0.2) is 0 Å². The molecule has 0 unspecified atom stereocenters. The zero-order valence-corrected chi connectivity index (χ0v) is 11.3. The third-order valence-electron chi connectivity index (χ3n) is 3.28. The standard InChI is InChI=1S/C15H18FNO2/c1-11-3-4-13(14(16)9-11)15(18)17-7-5-12(6-8-17)10-19-2/h3-5,9H,6-8,10H2,1-2H3. The summed E-state index contributed by atoms with van der Waals surface area (Å²) in [5.41, 5.74) is 2.15. The molecular formula is C15H18FNO2. The van der Waals surface area contributed by atoms with Crippen LogP contribution in [0, 0.1) is 12.7 Å². The van der Waals surface area contributed by atoms with E-state index in [0.717, 1.165) is 12.0 Å². The Morgan fingerprint density at radius 3 is 2.84 bits per heavy atom. The fraction of sp³-hybridized carbons (Fsp3) is 0.400. The minimum absolute atomic E-state index is 0.147. The first-order valence-electron chi connectivity index (χ1n) is 6.34. The van der Waals surface area contributed by atoms with Crippen LogP contribution in [0.15, 0.2) is 29.8 Å². The number of carbonyl (C=O) groups is 1. The van der Waals surface area contributed by atoms with Crippen LogP contribution in [0.5, 0.6) is 0 Å². The molecule has 0 spiro atoms. The van der Waals surface area contributed by atoms with Crippen LogP contribution < -0.4 is 0 Å². The van der Waals surface area contributed by atoms with Crippen molar-refractivity contribution in [2.45, 2.75) is 13.3 Å². The Morgan fingerprint density at radius 2 is 2.26 bits per heavy atom. The smallest absolute Gasteiger partial charge is 0.257 e. The van der Waals surface area contributed by atoms with E-state index in [9.17, 15) is 9.18 Å². The maximum Gasteiger partial charge on any atom is 0.257 e. The van der Waals surface area contributed by atoms with Gasteiger partial charge in [-0.2, -0.15) is 0 Å². The highest BCUT2D eigenvalue weighted by atomic mass is 19.1. The number of methoxy groups -OCH3 is 1. The van der Waals surface area contributed by atoms with Crippen molar-refractivity contribution in [1.82, 2.24) is 4.90 Å². The van der Waals surface area contributed by atoms with E-state index >= 15 is 0 Å². The molecule has 1 amide bonds. The number of hydrogen-bond acceptors (Lipinski definition) is 2. The molecule has 1 aromatic carbocycles. The second-order valence-corrected chi connectivity index (χ2v) is 4.78. The number of aryl methyl sites for hydroxylation is 1. The molecule has 1 aliphatic rings. The number of nitrogens with zero attached hydrogens (tertiary/aromatic N) is 1. The Kier molecular flexibility index (Phi) is 4.32. The summed E-state index contributed by atoms with van der Waals surface area (Å²) in [5.74, 6) is -0.693. The highest BCUT2D eigenvalue weighted by molar-refractivity contribution is 5.94. The predicted molar refractivity (Wildman–Crippen MR) is 71.6 cm³/mol. The van der Waals surface area contributed by atoms with Gasteiger partial charge in [0, 0.05) is 20.2 Å². The Morgan fingerprint density at radius 1 is 1.47 bits per heavy atom. The van der Waals surface area contributed by atoms with Crippen molar-refractivity contribution >= 4 is 5.91 Å². The van der Waals surface area contributed by atoms with Gasteiger partial charge in [0.25, 0.3) is 5.91 Å². The molecule has 1 aliphatic heterocycles. The maximum atomic E-state index is 13.8. The van der Waals surface area contributed by atoms with Crippen molar-refractivity contribution in [3.8, 4) is 0 Å². The van der Waals surface area contributed by atoms with E-state index in [1.165, 1.54) is 11.6 Å². The first-order chi connectivity index (χ1) is 9.11. The number of hydrogen-bond donors (Lipinski definition) is 0. The molecule has 0 saturated carbocycles. The van der Waals surface area contributed by atoms with E-state index < -0.39 is 5.82 Å². The monoisotopic (exact) mass is 263 g/mol. The summed E-state index contributed by atoms with van der Waals surface area (Å²) in [5, 5.41) is 0. The molecule has 0 fully saturated rings. The lowest BCUT2D eigenvalue weighted by molar-refractivity contribution is 0.0760. The zero-order valence-electron chi connectivity index (χ0n) is 11.3. The van der Waals surface area contributed by atoms with Crippen LogP contribution in [-0.4, -0.2) is 37.6 Å². The average Bonchev–Trinajstić information content (AvgIpc) is 2.39. The van der Waals surface area contributed by atoms with Crippen LogP contribution in [-0.2, 0) is 4.74 Å². The van der Waals surface area contributed by atoms with Crippen LogP contribution in [0.1, 0.15) is 22.3 Å². The van der Waals surface area contributed by atoms with Gasteiger partial charge < -0.3 is 9.64 Å². The largest absolute Gasteiger partial charge is 0.380 e. The second kappa shape index (κ2) is 5.97.